The molecule has 5 nitrogen and oxygen atoms in total. The molecule has 1 aromatic carbocycles. The van der Waals surface area contributed by atoms with Crippen molar-refractivity contribution in [1.29, 1.82) is 0 Å². The van der Waals surface area contributed by atoms with Gasteiger partial charge in [0.2, 0.25) is 0 Å². The number of aromatic nitrogens is 1. The molecule has 0 bridgehead atoms. The molecule has 1 saturated heterocycles. The fourth-order valence-corrected chi connectivity index (χ4v) is 3.11. The van der Waals surface area contributed by atoms with Crippen LogP contribution in [-0.2, 0) is 4.74 Å². The first-order valence-electron chi connectivity index (χ1n) is 7.61. The highest BCUT2D eigenvalue weighted by Gasteiger charge is 2.26. The zero-order valence-electron chi connectivity index (χ0n) is 12.8. The number of fused-ring (bicyclic) bond motifs is 1. The van der Waals surface area contributed by atoms with Gasteiger partial charge in [0.15, 0.2) is 5.43 Å². The molecule has 3 rings (SSSR count). The second kappa shape index (κ2) is 5.93. The topological polar surface area (TPSA) is 71.2 Å². The summed E-state index contributed by atoms with van der Waals surface area (Å²) >= 11 is 0. The van der Waals surface area contributed by atoms with Crippen LogP contribution in [0, 0.1) is 0 Å². The number of pyridine rings is 1. The Labute approximate surface area is 128 Å². The van der Waals surface area contributed by atoms with Gasteiger partial charge in [0.25, 0.3) is 5.91 Å². The number of rotatable bonds is 2. The van der Waals surface area contributed by atoms with E-state index in [-0.39, 0.29) is 29.6 Å². The molecule has 1 aromatic heterocycles. The van der Waals surface area contributed by atoms with Crippen molar-refractivity contribution in [3.63, 3.8) is 0 Å². The van der Waals surface area contributed by atoms with Gasteiger partial charge in [-0.05, 0) is 38.8 Å². The van der Waals surface area contributed by atoms with Gasteiger partial charge in [-0.3, -0.25) is 9.59 Å². The lowest BCUT2D eigenvalue weighted by atomic mass is 10.00. The number of hydrogen-bond donors (Lipinski definition) is 2. The standard InChI is InChI=1S/C17H20N2O3/c1-10-7-12(8-11(2)22-10)18-17(21)15-9-16(20)13-5-3-4-6-14(13)19-15/h3-6,9-12H,7-8H2,1-2H3,(H,18,21)(H,19,20)/t10-,11-/m0/s1. The summed E-state index contributed by atoms with van der Waals surface area (Å²) in [6.45, 7) is 4.01. The van der Waals surface area contributed by atoms with Gasteiger partial charge in [-0.25, -0.2) is 0 Å². The van der Waals surface area contributed by atoms with E-state index in [9.17, 15) is 9.59 Å². The van der Waals surface area contributed by atoms with E-state index in [0.29, 0.717) is 16.6 Å². The molecule has 0 radical (unpaired) electrons. The molecule has 0 unspecified atom stereocenters. The minimum absolute atomic E-state index is 0.0706. The lowest BCUT2D eigenvalue weighted by Crippen LogP contribution is -2.44. The summed E-state index contributed by atoms with van der Waals surface area (Å²) in [6, 6.07) is 8.62. The number of benzene rings is 1. The monoisotopic (exact) mass is 300 g/mol. The van der Waals surface area contributed by atoms with Crippen LogP contribution in [-0.4, -0.2) is 29.1 Å². The first kappa shape index (κ1) is 14.8. The number of carbonyl (C=O) groups excluding carboxylic acids is 1. The van der Waals surface area contributed by atoms with Gasteiger partial charge in [-0.1, -0.05) is 12.1 Å². The average Bonchev–Trinajstić information content (AvgIpc) is 2.46. The summed E-state index contributed by atoms with van der Waals surface area (Å²) in [7, 11) is 0. The Morgan fingerprint density at radius 3 is 2.64 bits per heavy atom. The number of carbonyl (C=O) groups is 1. The van der Waals surface area contributed by atoms with E-state index in [2.05, 4.69) is 10.3 Å². The van der Waals surface area contributed by atoms with Gasteiger partial charge in [-0.2, -0.15) is 0 Å². The average molecular weight is 300 g/mol. The Balaban J connectivity index is 1.82. The Bertz CT molecular complexity index is 743. The zero-order valence-corrected chi connectivity index (χ0v) is 12.8. The Hall–Kier alpha value is -2.14. The molecular weight excluding hydrogens is 280 g/mol. The molecule has 22 heavy (non-hydrogen) atoms. The highest BCUT2D eigenvalue weighted by molar-refractivity contribution is 5.95. The minimum Gasteiger partial charge on any atom is -0.375 e. The molecule has 5 heteroatoms. The first-order valence-corrected chi connectivity index (χ1v) is 7.61. The maximum absolute atomic E-state index is 12.4. The second-order valence-corrected chi connectivity index (χ2v) is 5.99. The molecule has 2 N–H and O–H groups in total. The van der Waals surface area contributed by atoms with E-state index in [0.717, 1.165) is 12.8 Å². The van der Waals surface area contributed by atoms with E-state index < -0.39 is 0 Å². The molecular formula is C17H20N2O3. The third-order valence-electron chi connectivity index (χ3n) is 4.01. The normalized spacial score (nSPS) is 25.1. The molecule has 0 saturated carbocycles. The summed E-state index contributed by atoms with van der Waals surface area (Å²) in [5.41, 5.74) is 0.831. The smallest absolute Gasteiger partial charge is 0.268 e. The lowest BCUT2D eigenvalue weighted by molar-refractivity contribution is -0.0408. The van der Waals surface area contributed by atoms with Crippen molar-refractivity contribution < 1.29 is 9.53 Å². The van der Waals surface area contributed by atoms with Crippen LogP contribution in [0.4, 0.5) is 0 Å². The summed E-state index contributed by atoms with van der Waals surface area (Å²) in [4.78, 5) is 27.5. The summed E-state index contributed by atoms with van der Waals surface area (Å²) in [5.74, 6) is -0.242. The van der Waals surface area contributed by atoms with Crippen LogP contribution in [0.15, 0.2) is 35.1 Å². The van der Waals surface area contributed by atoms with Gasteiger partial charge < -0.3 is 15.0 Å². The summed E-state index contributed by atoms with van der Waals surface area (Å²) < 4.78 is 5.67. The highest BCUT2D eigenvalue weighted by atomic mass is 16.5. The van der Waals surface area contributed by atoms with Crippen LogP contribution >= 0.6 is 0 Å². The third-order valence-corrected chi connectivity index (χ3v) is 4.01. The van der Waals surface area contributed by atoms with Crippen molar-refractivity contribution in [1.82, 2.24) is 10.3 Å². The van der Waals surface area contributed by atoms with Gasteiger partial charge in [0.05, 0.1) is 12.2 Å². The SMILES string of the molecule is C[C@H]1CC(NC(=O)c2cc(=O)c3ccccc3[nH]2)C[C@H](C)O1. The van der Waals surface area contributed by atoms with E-state index in [1.165, 1.54) is 6.07 Å². The molecule has 116 valence electrons. The van der Waals surface area contributed by atoms with Crippen molar-refractivity contribution in [2.75, 3.05) is 0 Å². The number of hydrogen-bond acceptors (Lipinski definition) is 3. The molecule has 2 heterocycles. The van der Waals surface area contributed by atoms with Crippen molar-refractivity contribution in [2.45, 2.75) is 44.9 Å². The van der Waals surface area contributed by atoms with Crippen LogP contribution in [0.3, 0.4) is 0 Å². The van der Waals surface area contributed by atoms with Crippen LogP contribution < -0.4 is 10.7 Å². The van der Waals surface area contributed by atoms with Crippen molar-refractivity contribution in [3.8, 4) is 0 Å². The zero-order chi connectivity index (χ0) is 15.7. The molecule has 0 aliphatic carbocycles. The van der Waals surface area contributed by atoms with E-state index >= 15 is 0 Å². The van der Waals surface area contributed by atoms with Gasteiger partial charge >= 0.3 is 0 Å². The van der Waals surface area contributed by atoms with Crippen LogP contribution in [0.5, 0.6) is 0 Å². The van der Waals surface area contributed by atoms with Crippen LogP contribution in [0.1, 0.15) is 37.2 Å². The minimum atomic E-state index is -0.242. The number of H-pyrrole nitrogens is 1. The van der Waals surface area contributed by atoms with Crippen molar-refractivity contribution >= 4 is 16.8 Å². The maximum Gasteiger partial charge on any atom is 0.268 e. The summed E-state index contributed by atoms with van der Waals surface area (Å²) in [5, 5.41) is 3.59. The number of nitrogens with one attached hydrogen (secondary N) is 2. The predicted molar refractivity (Wildman–Crippen MR) is 85.1 cm³/mol. The van der Waals surface area contributed by atoms with E-state index in [1.54, 1.807) is 12.1 Å². The molecule has 2 atom stereocenters. The molecule has 1 aliphatic heterocycles. The molecule has 1 aliphatic rings. The Morgan fingerprint density at radius 1 is 1.23 bits per heavy atom. The largest absolute Gasteiger partial charge is 0.375 e. The third kappa shape index (κ3) is 3.04. The quantitative estimate of drug-likeness (QED) is 0.893. The summed E-state index contributed by atoms with van der Waals surface area (Å²) in [6.07, 6.45) is 1.83. The van der Waals surface area contributed by atoms with Crippen LogP contribution in [0.2, 0.25) is 0 Å². The van der Waals surface area contributed by atoms with E-state index in [1.807, 2.05) is 26.0 Å². The number of amides is 1. The van der Waals surface area contributed by atoms with Crippen molar-refractivity contribution in [3.05, 3.63) is 46.2 Å². The van der Waals surface area contributed by atoms with Gasteiger partial charge in [-0.15, -0.1) is 0 Å². The molecule has 1 fully saturated rings. The molecule has 2 aromatic rings. The Kier molecular flexibility index (Phi) is 3.98. The Morgan fingerprint density at radius 2 is 1.91 bits per heavy atom. The first-order chi connectivity index (χ1) is 10.5. The van der Waals surface area contributed by atoms with Gasteiger partial charge in [0, 0.05) is 23.0 Å². The lowest BCUT2D eigenvalue weighted by Gasteiger charge is -2.32. The molecule has 1 amide bonds. The fraction of sp³-hybridized carbons (Fsp3) is 0.412. The van der Waals surface area contributed by atoms with Crippen molar-refractivity contribution in [2.24, 2.45) is 0 Å². The van der Waals surface area contributed by atoms with Gasteiger partial charge in [0.1, 0.15) is 5.69 Å². The maximum atomic E-state index is 12.4. The van der Waals surface area contributed by atoms with E-state index in [4.69, 9.17) is 4.74 Å². The number of para-hydroxylation sites is 1. The van der Waals surface area contributed by atoms with Crippen LogP contribution in [0.25, 0.3) is 10.9 Å². The molecule has 0 spiro atoms. The predicted octanol–water partition coefficient (Wildman–Crippen LogP) is 2.21. The number of ether oxygens (including phenoxy) is 1. The highest BCUT2D eigenvalue weighted by Crippen LogP contribution is 2.19. The fourth-order valence-electron chi connectivity index (χ4n) is 3.11. The number of aromatic amines is 1. The second-order valence-electron chi connectivity index (χ2n) is 5.99.